The van der Waals surface area contributed by atoms with Crippen LogP contribution in [0.5, 0.6) is 0 Å². The van der Waals surface area contributed by atoms with E-state index in [0.717, 1.165) is 22.0 Å². The van der Waals surface area contributed by atoms with Crippen LogP contribution in [0, 0.1) is 0 Å². The van der Waals surface area contributed by atoms with Gasteiger partial charge in [0, 0.05) is 12.4 Å². The molecule has 0 aliphatic rings. The van der Waals surface area contributed by atoms with Crippen molar-refractivity contribution in [2.24, 2.45) is 0 Å². The first kappa shape index (κ1) is 13.4. The van der Waals surface area contributed by atoms with E-state index in [0.29, 0.717) is 6.42 Å². The normalized spacial score (nSPS) is 12.2. The van der Waals surface area contributed by atoms with Crippen LogP contribution < -0.4 is 5.32 Å². The zero-order valence-corrected chi connectivity index (χ0v) is 11.8. The van der Waals surface area contributed by atoms with Crippen molar-refractivity contribution in [1.29, 1.82) is 0 Å². The summed E-state index contributed by atoms with van der Waals surface area (Å²) in [6, 6.07) is 16.1. The Hall–Kier alpha value is -2.62. The van der Waals surface area contributed by atoms with Crippen LogP contribution >= 0.6 is 0 Å². The fraction of sp³-hybridized carbons (Fsp3) is 0.176. The topological polar surface area (TPSA) is 57.8 Å². The highest BCUT2D eigenvalue weighted by Crippen LogP contribution is 2.24. The Morgan fingerprint density at radius 1 is 1.24 bits per heavy atom. The molecule has 4 nitrogen and oxygen atoms in total. The molecular weight excluding hydrogens is 262 g/mol. The molecule has 0 aliphatic carbocycles. The average Bonchev–Trinajstić information content (AvgIpc) is 3.00. The third-order valence-electron chi connectivity index (χ3n) is 3.71. The van der Waals surface area contributed by atoms with Crippen molar-refractivity contribution < 1.29 is 4.79 Å². The molecule has 0 spiro atoms. The molecule has 2 aromatic carbocycles. The molecule has 0 fully saturated rings. The predicted octanol–water partition coefficient (Wildman–Crippen LogP) is 2.64. The Kier molecular flexibility index (Phi) is 3.69. The summed E-state index contributed by atoms with van der Waals surface area (Å²) in [7, 11) is 1.68. The van der Waals surface area contributed by atoms with Crippen LogP contribution in [0.4, 0.5) is 0 Å². The number of hydrogen-bond acceptors (Lipinski definition) is 2. The van der Waals surface area contributed by atoms with Crippen LogP contribution in [0.3, 0.4) is 0 Å². The van der Waals surface area contributed by atoms with Gasteiger partial charge in [-0.2, -0.15) is 5.10 Å². The molecule has 0 radical (unpaired) electrons. The van der Waals surface area contributed by atoms with E-state index in [1.54, 1.807) is 13.2 Å². The highest BCUT2D eigenvalue weighted by atomic mass is 16.1. The summed E-state index contributed by atoms with van der Waals surface area (Å²) in [6.07, 6.45) is 2.46. The van der Waals surface area contributed by atoms with Gasteiger partial charge in [0.1, 0.15) is 0 Å². The second-order valence-corrected chi connectivity index (χ2v) is 5.07. The number of amides is 1. The van der Waals surface area contributed by atoms with Crippen LogP contribution in [0.25, 0.3) is 10.9 Å². The van der Waals surface area contributed by atoms with Crippen molar-refractivity contribution in [3.05, 3.63) is 65.9 Å². The molecule has 0 saturated heterocycles. The first-order chi connectivity index (χ1) is 10.3. The molecule has 1 heterocycles. The lowest BCUT2D eigenvalue weighted by molar-refractivity contribution is -0.122. The average molecular weight is 279 g/mol. The molecule has 21 heavy (non-hydrogen) atoms. The molecule has 106 valence electrons. The minimum absolute atomic E-state index is 0.0257. The molecule has 3 aromatic rings. The first-order valence-electron chi connectivity index (χ1n) is 6.96. The first-order valence-corrected chi connectivity index (χ1v) is 6.96. The van der Waals surface area contributed by atoms with Crippen LogP contribution in [-0.2, 0) is 11.2 Å². The number of likely N-dealkylation sites (N-methyl/N-ethyl adjacent to an activating group) is 1. The number of carbonyl (C=O) groups excluding carboxylic acids is 1. The van der Waals surface area contributed by atoms with E-state index in [-0.39, 0.29) is 11.8 Å². The van der Waals surface area contributed by atoms with E-state index in [4.69, 9.17) is 0 Å². The number of carbonyl (C=O) groups is 1. The smallest absolute Gasteiger partial charge is 0.227 e. The van der Waals surface area contributed by atoms with Crippen molar-refractivity contribution in [1.82, 2.24) is 15.5 Å². The van der Waals surface area contributed by atoms with E-state index in [1.807, 2.05) is 48.5 Å². The highest BCUT2D eigenvalue weighted by molar-refractivity contribution is 5.86. The Balaban J connectivity index is 1.96. The van der Waals surface area contributed by atoms with E-state index < -0.39 is 0 Å². The standard InChI is InChI=1S/C17H17N3O/c1-18-17(21)15(9-12-5-3-2-4-6-12)13-7-8-14-11-19-20-16(14)10-13/h2-8,10-11,15H,9H2,1H3,(H,18,21)(H,19,20). The lowest BCUT2D eigenvalue weighted by atomic mass is 9.90. The van der Waals surface area contributed by atoms with Gasteiger partial charge in [-0.25, -0.2) is 0 Å². The number of benzene rings is 2. The Labute approximate surface area is 123 Å². The summed E-state index contributed by atoms with van der Waals surface area (Å²) in [5, 5.41) is 10.8. The summed E-state index contributed by atoms with van der Waals surface area (Å²) in [6.45, 7) is 0. The van der Waals surface area contributed by atoms with Crippen molar-refractivity contribution in [3.8, 4) is 0 Å². The van der Waals surface area contributed by atoms with Gasteiger partial charge < -0.3 is 5.32 Å². The number of aromatic nitrogens is 2. The molecule has 1 amide bonds. The molecule has 3 rings (SSSR count). The third kappa shape index (κ3) is 2.79. The van der Waals surface area contributed by atoms with Gasteiger partial charge in [-0.3, -0.25) is 9.89 Å². The third-order valence-corrected chi connectivity index (χ3v) is 3.71. The number of nitrogens with zero attached hydrogens (tertiary/aromatic N) is 1. The number of nitrogens with one attached hydrogen (secondary N) is 2. The number of H-pyrrole nitrogens is 1. The maximum atomic E-state index is 12.3. The minimum Gasteiger partial charge on any atom is -0.359 e. The summed E-state index contributed by atoms with van der Waals surface area (Å²) in [5.74, 6) is -0.178. The number of hydrogen-bond donors (Lipinski definition) is 2. The lowest BCUT2D eigenvalue weighted by Crippen LogP contribution is -2.27. The fourth-order valence-corrected chi connectivity index (χ4v) is 2.56. The van der Waals surface area contributed by atoms with Gasteiger partial charge in [-0.15, -0.1) is 0 Å². The molecule has 0 aliphatic heterocycles. The largest absolute Gasteiger partial charge is 0.359 e. The minimum atomic E-state index is -0.204. The van der Waals surface area contributed by atoms with Crippen LogP contribution in [-0.4, -0.2) is 23.2 Å². The monoisotopic (exact) mass is 279 g/mol. The van der Waals surface area contributed by atoms with Crippen molar-refractivity contribution in [2.45, 2.75) is 12.3 Å². The van der Waals surface area contributed by atoms with Crippen molar-refractivity contribution in [3.63, 3.8) is 0 Å². The molecule has 0 saturated carbocycles. The van der Waals surface area contributed by atoms with E-state index in [9.17, 15) is 4.79 Å². The lowest BCUT2D eigenvalue weighted by Gasteiger charge is -2.16. The van der Waals surface area contributed by atoms with Crippen LogP contribution in [0.1, 0.15) is 17.0 Å². The Morgan fingerprint density at radius 3 is 2.81 bits per heavy atom. The zero-order chi connectivity index (χ0) is 14.7. The number of fused-ring (bicyclic) bond motifs is 1. The van der Waals surface area contributed by atoms with Crippen molar-refractivity contribution in [2.75, 3.05) is 7.05 Å². The van der Waals surface area contributed by atoms with Gasteiger partial charge in [0.25, 0.3) is 0 Å². The fourth-order valence-electron chi connectivity index (χ4n) is 2.56. The zero-order valence-electron chi connectivity index (χ0n) is 11.8. The van der Waals surface area contributed by atoms with Crippen LogP contribution in [0.2, 0.25) is 0 Å². The molecule has 4 heteroatoms. The molecule has 2 N–H and O–H groups in total. The molecular formula is C17H17N3O. The summed E-state index contributed by atoms with van der Waals surface area (Å²) >= 11 is 0. The van der Waals surface area contributed by atoms with Gasteiger partial charge in [0.2, 0.25) is 5.91 Å². The van der Waals surface area contributed by atoms with E-state index >= 15 is 0 Å². The molecule has 1 aromatic heterocycles. The van der Waals surface area contributed by atoms with Gasteiger partial charge in [-0.05, 0) is 23.6 Å². The molecule has 1 unspecified atom stereocenters. The van der Waals surface area contributed by atoms with Gasteiger partial charge in [-0.1, -0.05) is 42.5 Å². The summed E-state index contributed by atoms with van der Waals surface area (Å²) < 4.78 is 0. The van der Waals surface area contributed by atoms with Gasteiger partial charge in [0.05, 0.1) is 17.6 Å². The number of aromatic amines is 1. The molecule has 1 atom stereocenters. The van der Waals surface area contributed by atoms with Crippen LogP contribution in [0.15, 0.2) is 54.7 Å². The van der Waals surface area contributed by atoms with Gasteiger partial charge >= 0.3 is 0 Å². The SMILES string of the molecule is CNC(=O)C(Cc1ccccc1)c1ccc2cn[nH]c2c1. The maximum absolute atomic E-state index is 12.3. The van der Waals surface area contributed by atoms with Gasteiger partial charge in [0.15, 0.2) is 0 Å². The maximum Gasteiger partial charge on any atom is 0.227 e. The van der Waals surface area contributed by atoms with E-state index in [1.165, 1.54) is 0 Å². The second-order valence-electron chi connectivity index (χ2n) is 5.07. The second kappa shape index (κ2) is 5.79. The Bertz CT molecular complexity index is 749. The summed E-state index contributed by atoms with van der Waals surface area (Å²) in [4.78, 5) is 12.3. The molecule has 0 bridgehead atoms. The number of rotatable bonds is 4. The van der Waals surface area contributed by atoms with Crippen molar-refractivity contribution >= 4 is 16.8 Å². The van der Waals surface area contributed by atoms with E-state index in [2.05, 4.69) is 15.5 Å². The summed E-state index contributed by atoms with van der Waals surface area (Å²) in [5.41, 5.74) is 3.10. The Morgan fingerprint density at radius 2 is 2.05 bits per heavy atom. The quantitative estimate of drug-likeness (QED) is 0.771. The highest BCUT2D eigenvalue weighted by Gasteiger charge is 2.20. The predicted molar refractivity (Wildman–Crippen MR) is 83.0 cm³/mol.